The smallest absolute Gasteiger partial charge is 0.282 e. The molecule has 27 heavy (non-hydrogen) atoms. The molecular formula is C19H22FN3O3S. The lowest BCUT2D eigenvalue weighted by atomic mass is 10.2. The molecule has 1 aliphatic rings. The third-order valence-corrected chi connectivity index (χ3v) is 6.44. The predicted molar refractivity (Wildman–Crippen MR) is 102 cm³/mol. The van der Waals surface area contributed by atoms with Gasteiger partial charge in [-0.15, -0.1) is 0 Å². The van der Waals surface area contributed by atoms with Crippen molar-refractivity contribution in [3.8, 4) is 0 Å². The Labute approximate surface area is 158 Å². The second-order valence-corrected chi connectivity index (χ2v) is 8.41. The van der Waals surface area contributed by atoms with Crippen molar-refractivity contribution >= 4 is 21.8 Å². The Balaban J connectivity index is 1.70. The molecule has 2 aromatic rings. The van der Waals surface area contributed by atoms with Gasteiger partial charge >= 0.3 is 0 Å². The first-order valence-electron chi connectivity index (χ1n) is 8.72. The summed E-state index contributed by atoms with van der Waals surface area (Å²) < 4.78 is 41.9. The average molecular weight is 391 g/mol. The van der Waals surface area contributed by atoms with Crippen molar-refractivity contribution in [1.82, 2.24) is 8.61 Å². The number of halogens is 1. The summed E-state index contributed by atoms with van der Waals surface area (Å²) in [5, 5.41) is 2.75. The van der Waals surface area contributed by atoms with Crippen LogP contribution in [0.3, 0.4) is 0 Å². The minimum Gasteiger partial charge on any atom is -0.325 e. The Hall–Kier alpha value is -2.29. The van der Waals surface area contributed by atoms with Crippen molar-refractivity contribution in [3.63, 3.8) is 0 Å². The minimum atomic E-state index is -3.84. The van der Waals surface area contributed by atoms with Gasteiger partial charge in [0.1, 0.15) is 5.82 Å². The molecule has 0 aliphatic carbocycles. The molecule has 1 fully saturated rings. The highest BCUT2D eigenvalue weighted by Gasteiger charge is 2.35. The molecule has 0 radical (unpaired) electrons. The van der Waals surface area contributed by atoms with Gasteiger partial charge in [-0.1, -0.05) is 36.4 Å². The molecule has 2 aromatic carbocycles. The maximum absolute atomic E-state index is 13.9. The second kappa shape index (κ2) is 8.16. The van der Waals surface area contributed by atoms with Crippen molar-refractivity contribution < 1.29 is 17.6 Å². The summed E-state index contributed by atoms with van der Waals surface area (Å²) in [7, 11) is -3.84. The van der Waals surface area contributed by atoms with Gasteiger partial charge in [0.2, 0.25) is 5.91 Å². The maximum atomic E-state index is 13.9. The molecule has 144 valence electrons. The lowest BCUT2D eigenvalue weighted by Crippen LogP contribution is -2.51. The lowest BCUT2D eigenvalue weighted by molar-refractivity contribution is -0.116. The van der Waals surface area contributed by atoms with E-state index in [1.54, 1.807) is 30.3 Å². The fourth-order valence-electron chi connectivity index (χ4n) is 3.02. The standard InChI is InChI=1S/C19H22FN3O3S/c1-15-7-2-5-10-18(15)21-19(24)14-23-12-6-11-22(27(23,25)26)13-16-8-3-4-9-17(16)20/h2-5,7-10H,6,11-14H2,1H3,(H,21,24). The molecule has 0 atom stereocenters. The van der Waals surface area contributed by atoms with Gasteiger partial charge in [0.25, 0.3) is 10.2 Å². The summed E-state index contributed by atoms with van der Waals surface area (Å²) in [5.74, 6) is -0.845. The van der Waals surface area contributed by atoms with E-state index in [1.807, 2.05) is 19.1 Å². The fourth-order valence-corrected chi connectivity index (χ4v) is 4.65. The Bertz CT molecular complexity index is 933. The zero-order chi connectivity index (χ0) is 19.4. The Morgan fingerprint density at radius 2 is 1.74 bits per heavy atom. The highest BCUT2D eigenvalue weighted by molar-refractivity contribution is 7.86. The molecule has 1 N–H and O–H groups in total. The summed E-state index contributed by atoms with van der Waals surface area (Å²) >= 11 is 0. The fraction of sp³-hybridized carbons (Fsp3) is 0.316. The molecule has 0 bridgehead atoms. The van der Waals surface area contributed by atoms with Crippen molar-refractivity contribution in [3.05, 3.63) is 65.5 Å². The van der Waals surface area contributed by atoms with Gasteiger partial charge in [0, 0.05) is 30.9 Å². The van der Waals surface area contributed by atoms with E-state index < -0.39 is 21.9 Å². The molecular weight excluding hydrogens is 369 g/mol. The number of hydrogen-bond donors (Lipinski definition) is 1. The highest BCUT2D eigenvalue weighted by Crippen LogP contribution is 2.21. The van der Waals surface area contributed by atoms with Crippen LogP contribution in [0.1, 0.15) is 17.5 Å². The Morgan fingerprint density at radius 1 is 1.07 bits per heavy atom. The van der Waals surface area contributed by atoms with E-state index in [1.165, 1.54) is 10.4 Å². The van der Waals surface area contributed by atoms with Crippen LogP contribution in [0.5, 0.6) is 0 Å². The summed E-state index contributed by atoms with van der Waals surface area (Å²) in [6.45, 7) is 2.10. The number of carbonyl (C=O) groups excluding carboxylic acids is 1. The largest absolute Gasteiger partial charge is 0.325 e. The zero-order valence-corrected chi connectivity index (χ0v) is 15.9. The first-order valence-corrected chi connectivity index (χ1v) is 10.1. The van der Waals surface area contributed by atoms with Crippen molar-refractivity contribution in [1.29, 1.82) is 0 Å². The van der Waals surface area contributed by atoms with E-state index in [0.29, 0.717) is 24.2 Å². The maximum Gasteiger partial charge on any atom is 0.282 e. The van der Waals surface area contributed by atoms with Crippen LogP contribution in [0.15, 0.2) is 48.5 Å². The van der Waals surface area contributed by atoms with Gasteiger partial charge in [0.05, 0.1) is 6.54 Å². The normalized spacial score (nSPS) is 17.6. The summed E-state index contributed by atoms with van der Waals surface area (Å²) in [4.78, 5) is 12.3. The number of carbonyl (C=O) groups is 1. The second-order valence-electron chi connectivity index (χ2n) is 6.48. The number of amides is 1. The number of nitrogens with one attached hydrogen (secondary N) is 1. The van der Waals surface area contributed by atoms with Crippen molar-refractivity contribution in [2.24, 2.45) is 0 Å². The van der Waals surface area contributed by atoms with Gasteiger partial charge in [0.15, 0.2) is 0 Å². The predicted octanol–water partition coefficient (Wildman–Crippen LogP) is 2.53. The van der Waals surface area contributed by atoms with Crippen LogP contribution in [-0.4, -0.2) is 42.6 Å². The molecule has 8 heteroatoms. The van der Waals surface area contributed by atoms with Crippen LogP contribution >= 0.6 is 0 Å². The van der Waals surface area contributed by atoms with Gasteiger partial charge in [-0.2, -0.15) is 17.0 Å². The van der Waals surface area contributed by atoms with Crippen LogP contribution in [0.25, 0.3) is 0 Å². The van der Waals surface area contributed by atoms with Crippen molar-refractivity contribution in [2.75, 3.05) is 25.0 Å². The molecule has 1 aliphatic heterocycles. The number of rotatable bonds is 5. The van der Waals surface area contributed by atoms with E-state index in [9.17, 15) is 17.6 Å². The SMILES string of the molecule is Cc1ccccc1NC(=O)CN1CCCN(Cc2ccccc2F)S1(=O)=O. The number of benzene rings is 2. The van der Waals surface area contributed by atoms with Crippen LogP contribution in [0.2, 0.25) is 0 Å². The van der Waals surface area contributed by atoms with Crippen molar-refractivity contribution in [2.45, 2.75) is 19.9 Å². The molecule has 0 unspecified atom stereocenters. The average Bonchev–Trinajstić information content (AvgIpc) is 2.62. The molecule has 1 amide bonds. The van der Waals surface area contributed by atoms with E-state index in [2.05, 4.69) is 5.32 Å². The van der Waals surface area contributed by atoms with Crippen LogP contribution in [-0.2, 0) is 21.5 Å². The molecule has 1 saturated heterocycles. The topological polar surface area (TPSA) is 69.7 Å². The highest BCUT2D eigenvalue weighted by atomic mass is 32.2. The number of para-hydroxylation sites is 1. The monoisotopic (exact) mass is 391 g/mol. The number of hydrogen-bond acceptors (Lipinski definition) is 3. The van der Waals surface area contributed by atoms with Crippen LogP contribution in [0.4, 0.5) is 10.1 Å². The number of aryl methyl sites for hydroxylation is 1. The van der Waals surface area contributed by atoms with Gasteiger partial charge in [-0.25, -0.2) is 4.39 Å². The number of anilines is 1. The first kappa shape index (κ1) is 19.5. The van der Waals surface area contributed by atoms with Gasteiger partial charge in [-0.3, -0.25) is 4.79 Å². The lowest BCUT2D eigenvalue weighted by Gasteiger charge is -2.34. The minimum absolute atomic E-state index is 0.0507. The Morgan fingerprint density at radius 3 is 2.48 bits per heavy atom. The quantitative estimate of drug-likeness (QED) is 0.852. The molecule has 0 spiro atoms. The Kier molecular flexibility index (Phi) is 5.88. The van der Waals surface area contributed by atoms with E-state index >= 15 is 0 Å². The molecule has 6 nitrogen and oxygen atoms in total. The third-order valence-electron chi connectivity index (χ3n) is 4.51. The molecule has 3 rings (SSSR count). The number of nitrogens with zero attached hydrogens (tertiary/aromatic N) is 2. The van der Waals surface area contributed by atoms with Gasteiger partial charge in [-0.05, 0) is 31.0 Å². The zero-order valence-electron chi connectivity index (χ0n) is 15.1. The molecule has 0 aromatic heterocycles. The van der Waals surface area contributed by atoms with Crippen LogP contribution in [0, 0.1) is 12.7 Å². The summed E-state index contributed by atoms with van der Waals surface area (Å²) in [6, 6.07) is 13.4. The summed E-state index contributed by atoms with van der Waals surface area (Å²) in [5.41, 5.74) is 1.86. The van der Waals surface area contributed by atoms with E-state index in [0.717, 1.165) is 9.87 Å². The van der Waals surface area contributed by atoms with Crippen LogP contribution < -0.4 is 5.32 Å². The molecule has 0 saturated carbocycles. The molecule has 1 heterocycles. The summed E-state index contributed by atoms with van der Waals surface area (Å²) in [6.07, 6.45) is 0.575. The first-order chi connectivity index (χ1) is 12.9. The third kappa shape index (κ3) is 4.52. The van der Waals surface area contributed by atoms with Gasteiger partial charge < -0.3 is 5.32 Å². The van der Waals surface area contributed by atoms with E-state index in [-0.39, 0.29) is 19.6 Å². The van der Waals surface area contributed by atoms with E-state index in [4.69, 9.17) is 0 Å².